The average Bonchev–Trinajstić information content (AvgIpc) is 2.70. The van der Waals surface area contributed by atoms with Gasteiger partial charge in [0, 0.05) is 28.2 Å². The van der Waals surface area contributed by atoms with E-state index < -0.39 is 16.4 Å². The molecule has 1 aromatic heterocycles. The molecule has 10 heteroatoms. The summed E-state index contributed by atoms with van der Waals surface area (Å²) in [6.07, 6.45) is 0. The number of nitro benzene ring substituents is 1. The average molecular weight is 459 g/mol. The molecule has 2 aromatic carbocycles. The number of halogens is 1. The largest absolute Gasteiger partial charge is 0.495 e. The molecule has 0 saturated heterocycles. The quantitative estimate of drug-likeness (QED) is 0.447. The van der Waals surface area contributed by atoms with Crippen LogP contribution in [-0.2, 0) is 11.3 Å². The van der Waals surface area contributed by atoms with E-state index in [4.69, 9.17) is 4.74 Å². The summed E-state index contributed by atoms with van der Waals surface area (Å²) in [5.74, 6) is -0.320. The molecule has 148 valence electrons. The number of methoxy groups -OCH3 is 1. The first-order valence-corrected chi connectivity index (χ1v) is 9.13. The van der Waals surface area contributed by atoms with Gasteiger partial charge in [0.15, 0.2) is 0 Å². The fourth-order valence-corrected chi connectivity index (χ4v) is 2.83. The minimum Gasteiger partial charge on any atom is -0.495 e. The molecule has 0 bridgehead atoms. The van der Waals surface area contributed by atoms with Crippen LogP contribution in [0.1, 0.15) is 0 Å². The first-order valence-electron chi connectivity index (χ1n) is 8.34. The second-order valence-electron chi connectivity index (χ2n) is 5.91. The Morgan fingerprint density at radius 1 is 1.21 bits per heavy atom. The van der Waals surface area contributed by atoms with Gasteiger partial charge in [-0.3, -0.25) is 19.7 Å². The highest BCUT2D eigenvalue weighted by atomic mass is 79.9. The Bertz CT molecular complexity index is 1130. The van der Waals surface area contributed by atoms with Crippen LogP contribution >= 0.6 is 15.9 Å². The lowest BCUT2D eigenvalue weighted by Gasteiger charge is -2.11. The number of anilines is 1. The number of aromatic nitrogens is 2. The molecule has 0 radical (unpaired) electrons. The van der Waals surface area contributed by atoms with Gasteiger partial charge in [-0.25, -0.2) is 4.68 Å². The molecule has 0 aliphatic heterocycles. The summed E-state index contributed by atoms with van der Waals surface area (Å²) in [7, 11) is 1.38. The summed E-state index contributed by atoms with van der Waals surface area (Å²) in [5.41, 5.74) is 0.782. The van der Waals surface area contributed by atoms with Gasteiger partial charge in [-0.15, -0.1) is 0 Å². The SMILES string of the molecule is COc1ccc([N+](=O)[O-])cc1NC(=O)Cn1nc(-c2ccc(Br)cc2)ccc1=O. The Morgan fingerprint density at radius 2 is 1.93 bits per heavy atom. The van der Waals surface area contributed by atoms with Crippen molar-refractivity contribution in [2.24, 2.45) is 0 Å². The van der Waals surface area contributed by atoms with Gasteiger partial charge in [0.1, 0.15) is 12.3 Å². The third kappa shape index (κ3) is 4.85. The number of carbonyl (C=O) groups is 1. The van der Waals surface area contributed by atoms with E-state index in [-0.39, 0.29) is 23.7 Å². The highest BCUT2D eigenvalue weighted by Crippen LogP contribution is 2.28. The number of hydrogen-bond acceptors (Lipinski definition) is 6. The van der Waals surface area contributed by atoms with Gasteiger partial charge < -0.3 is 10.1 Å². The van der Waals surface area contributed by atoms with Crippen LogP contribution < -0.4 is 15.6 Å². The molecule has 0 spiro atoms. The lowest BCUT2D eigenvalue weighted by molar-refractivity contribution is -0.384. The number of rotatable bonds is 6. The maximum atomic E-state index is 12.4. The van der Waals surface area contributed by atoms with Crippen LogP contribution in [0.4, 0.5) is 11.4 Å². The molecule has 0 unspecified atom stereocenters. The Labute approximate surface area is 173 Å². The Hall–Kier alpha value is -3.53. The van der Waals surface area contributed by atoms with Crippen molar-refractivity contribution < 1.29 is 14.5 Å². The van der Waals surface area contributed by atoms with E-state index in [1.165, 1.54) is 31.4 Å². The standard InChI is InChI=1S/C19H15BrN4O5/c1-29-17-8-6-14(24(27)28)10-16(17)21-18(25)11-23-19(26)9-7-15(22-23)12-2-4-13(20)5-3-12/h2-10H,11H2,1H3,(H,21,25). The second kappa shape index (κ2) is 8.65. The predicted octanol–water partition coefficient (Wildman–Crippen LogP) is 3.23. The number of hydrogen-bond donors (Lipinski definition) is 1. The molecule has 1 N–H and O–H groups in total. The van der Waals surface area contributed by atoms with E-state index in [1.807, 2.05) is 24.3 Å². The molecule has 3 rings (SSSR count). The van der Waals surface area contributed by atoms with Gasteiger partial charge in [0.25, 0.3) is 11.2 Å². The molecule has 1 amide bonds. The highest BCUT2D eigenvalue weighted by molar-refractivity contribution is 9.10. The second-order valence-corrected chi connectivity index (χ2v) is 6.83. The first-order chi connectivity index (χ1) is 13.9. The zero-order valence-electron chi connectivity index (χ0n) is 15.2. The summed E-state index contributed by atoms with van der Waals surface area (Å²) in [5, 5.41) is 17.7. The van der Waals surface area contributed by atoms with Gasteiger partial charge >= 0.3 is 0 Å². The summed E-state index contributed by atoms with van der Waals surface area (Å²) in [6.45, 7) is -0.366. The topological polar surface area (TPSA) is 116 Å². The number of nitro groups is 1. The van der Waals surface area contributed by atoms with Crippen molar-refractivity contribution in [2.45, 2.75) is 6.54 Å². The van der Waals surface area contributed by atoms with Crippen molar-refractivity contribution in [2.75, 3.05) is 12.4 Å². The van der Waals surface area contributed by atoms with Crippen molar-refractivity contribution in [1.29, 1.82) is 0 Å². The third-order valence-corrected chi connectivity index (χ3v) is 4.50. The molecule has 1 heterocycles. The van der Waals surface area contributed by atoms with Crippen LogP contribution in [0.25, 0.3) is 11.3 Å². The van der Waals surface area contributed by atoms with Crippen LogP contribution in [0.3, 0.4) is 0 Å². The molecule has 0 atom stereocenters. The maximum Gasteiger partial charge on any atom is 0.271 e. The van der Waals surface area contributed by atoms with Gasteiger partial charge in [0.05, 0.1) is 23.4 Å². The molecule has 0 saturated carbocycles. The van der Waals surface area contributed by atoms with Crippen molar-refractivity contribution in [1.82, 2.24) is 9.78 Å². The van der Waals surface area contributed by atoms with E-state index in [0.717, 1.165) is 14.7 Å². The molecule has 29 heavy (non-hydrogen) atoms. The van der Waals surface area contributed by atoms with Gasteiger partial charge in [-0.05, 0) is 24.3 Å². The zero-order chi connectivity index (χ0) is 21.0. The molecule has 9 nitrogen and oxygen atoms in total. The summed E-state index contributed by atoms with van der Waals surface area (Å²) in [6, 6.07) is 14.1. The molecule has 0 aliphatic rings. The lowest BCUT2D eigenvalue weighted by Crippen LogP contribution is -2.29. The van der Waals surface area contributed by atoms with Crippen LogP contribution in [0.15, 0.2) is 63.9 Å². The fraction of sp³-hybridized carbons (Fsp3) is 0.105. The number of carbonyl (C=O) groups excluding carboxylic acids is 1. The summed E-state index contributed by atoms with van der Waals surface area (Å²) >= 11 is 3.35. The number of nitrogens with one attached hydrogen (secondary N) is 1. The van der Waals surface area contributed by atoms with Crippen molar-refractivity contribution in [3.63, 3.8) is 0 Å². The van der Waals surface area contributed by atoms with Crippen LogP contribution in [-0.4, -0.2) is 27.7 Å². The molecule has 0 aliphatic carbocycles. The van der Waals surface area contributed by atoms with E-state index >= 15 is 0 Å². The molecule has 0 fully saturated rings. The van der Waals surface area contributed by atoms with Gasteiger partial charge in [-0.1, -0.05) is 28.1 Å². The number of nitrogens with zero attached hydrogens (tertiary/aromatic N) is 3. The van der Waals surface area contributed by atoms with Gasteiger partial charge in [0.2, 0.25) is 5.91 Å². The smallest absolute Gasteiger partial charge is 0.271 e. The van der Waals surface area contributed by atoms with Crippen LogP contribution in [0, 0.1) is 10.1 Å². The molecular formula is C19H15BrN4O5. The fourth-order valence-electron chi connectivity index (χ4n) is 2.57. The van der Waals surface area contributed by atoms with E-state index in [0.29, 0.717) is 5.69 Å². The zero-order valence-corrected chi connectivity index (χ0v) is 16.8. The molecular weight excluding hydrogens is 444 g/mol. The molecule has 3 aromatic rings. The predicted molar refractivity (Wildman–Crippen MR) is 110 cm³/mol. The number of non-ortho nitro benzene ring substituents is 1. The van der Waals surface area contributed by atoms with E-state index in [1.54, 1.807) is 6.07 Å². The lowest BCUT2D eigenvalue weighted by atomic mass is 10.1. The van der Waals surface area contributed by atoms with Crippen LogP contribution in [0.2, 0.25) is 0 Å². The normalized spacial score (nSPS) is 10.4. The highest BCUT2D eigenvalue weighted by Gasteiger charge is 2.15. The van der Waals surface area contributed by atoms with Crippen molar-refractivity contribution >= 4 is 33.2 Å². The number of benzene rings is 2. The Kier molecular flexibility index (Phi) is 6.03. The van der Waals surface area contributed by atoms with Crippen LogP contribution in [0.5, 0.6) is 5.75 Å². The maximum absolute atomic E-state index is 12.4. The van der Waals surface area contributed by atoms with E-state index in [2.05, 4.69) is 26.3 Å². The van der Waals surface area contributed by atoms with Crippen molar-refractivity contribution in [3.05, 3.63) is 79.5 Å². The Morgan fingerprint density at radius 3 is 2.59 bits per heavy atom. The summed E-state index contributed by atoms with van der Waals surface area (Å²) in [4.78, 5) is 34.9. The van der Waals surface area contributed by atoms with Crippen molar-refractivity contribution in [3.8, 4) is 17.0 Å². The third-order valence-electron chi connectivity index (χ3n) is 3.97. The van der Waals surface area contributed by atoms with E-state index in [9.17, 15) is 19.7 Å². The first kappa shape index (κ1) is 20.2. The van der Waals surface area contributed by atoms with Gasteiger partial charge in [-0.2, -0.15) is 5.10 Å². The summed E-state index contributed by atoms with van der Waals surface area (Å²) < 4.78 is 7.04. The minimum absolute atomic E-state index is 0.129. The monoisotopic (exact) mass is 458 g/mol. The number of ether oxygens (including phenoxy) is 1. The minimum atomic E-state index is -0.581. The number of amides is 1. The Balaban J connectivity index is 1.83.